The second-order valence-corrected chi connectivity index (χ2v) is 16.9. The van der Waals surface area contributed by atoms with Crippen molar-refractivity contribution in [1.82, 2.24) is 0 Å². The third-order valence-electron chi connectivity index (χ3n) is 7.43. The molecule has 0 saturated heterocycles. The molecule has 6 heterocycles. The number of hydrogen-bond donors (Lipinski definition) is 0. The fourth-order valence-corrected chi connectivity index (χ4v) is 12.3. The highest BCUT2D eigenvalue weighted by Crippen LogP contribution is 2.47. The molecule has 0 radical (unpaired) electrons. The van der Waals surface area contributed by atoms with Gasteiger partial charge in [-0.2, -0.15) is 0 Å². The van der Waals surface area contributed by atoms with Crippen molar-refractivity contribution < 1.29 is 0 Å². The zero-order valence-corrected chi connectivity index (χ0v) is 27.1. The van der Waals surface area contributed by atoms with E-state index in [9.17, 15) is 0 Å². The molecule has 2 aromatic carbocycles. The van der Waals surface area contributed by atoms with Gasteiger partial charge >= 0.3 is 0 Å². The Morgan fingerprint density at radius 2 is 0.725 bits per heavy atom. The highest BCUT2D eigenvalue weighted by molar-refractivity contribution is 7.30. The van der Waals surface area contributed by atoms with E-state index in [1.807, 2.05) is 68.0 Å². The van der Waals surface area contributed by atoms with Crippen molar-refractivity contribution in [3.63, 3.8) is 0 Å². The Labute approximate surface area is 257 Å². The molecular formula is C34H26S6. The van der Waals surface area contributed by atoms with Crippen LogP contribution in [0, 0.1) is 0 Å². The van der Waals surface area contributed by atoms with Gasteiger partial charge in [0.15, 0.2) is 0 Å². The molecule has 0 fully saturated rings. The van der Waals surface area contributed by atoms with Crippen LogP contribution in [0.4, 0.5) is 0 Å². The largest absolute Gasteiger partial charge is 0.140 e. The van der Waals surface area contributed by atoms with Crippen LogP contribution in [0.1, 0.15) is 36.4 Å². The lowest BCUT2D eigenvalue weighted by atomic mass is 10.1. The summed E-state index contributed by atoms with van der Waals surface area (Å²) in [7, 11) is 0. The van der Waals surface area contributed by atoms with E-state index in [-0.39, 0.29) is 0 Å². The lowest BCUT2D eigenvalue weighted by Gasteiger charge is -1.91. The Morgan fingerprint density at radius 3 is 1.12 bits per heavy atom. The first-order valence-electron chi connectivity index (χ1n) is 13.8. The fourth-order valence-electron chi connectivity index (χ4n) is 5.55. The third kappa shape index (κ3) is 4.32. The first-order valence-corrected chi connectivity index (χ1v) is 18.7. The van der Waals surface area contributed by atoms with Crippen molar-refractivity contribution in [3.8, 4) is 29.3 Å². The highest BCUT2D eigenvalue weighted by atomic mass is 32.1. The summed E-state index contributed by atoms with van der Waals surface area (Å²) in [6.07, 6.45) is 4.76. The normalized spacial score (nSPS) is 12.2. The zero-order chi connectivity index (χ0) is 26.8. The summed E-state index contributed by atoms with van der Waals surface area (Å²) in [5, 5.41) is 5.68. The molecule has 0 bridgehead atoms. The molecule has 0 N–H and O–H groups in total. The molecule has 0 nitrogen and oxygen atoms in total. The van der Waals surface area contributed by atoms with Gasteiger partial charge in [-0.25, -0.2) is 0 Å². The Balaban J connectivity index is 1.11. The SMILES string of the molecule is CCCc1cc2c(ccc3sc(-c4ccc(-c5ccc(-c6cc7c(ccc8sc(CCC)cc87)s6)s5)s4)cc32)s1. The summed E-state index contributed by atoms with van der Waals surface area (Å²) >= 11 is 11.6. The lowest BCUT2D eigenvalue weighted by Crippen LogP contribution is -1.72. The van der Waals surface area contributed by atoms with Crippen LogP contribution in [0.3, 0.4) is 0 Å². The number of rotatable bonds is 7. The first-order chi connectivity index (χ1) is 19.7. The van der Waals surface area contributed by atoms with Gasteiger partial charge in [0.05, 0.1) is 0 Å². The van der Waals surface area contributed by atoms with Gasteiger partial charge in [0, 0.05) is 79.4 Å². The maximum Gasteiger partial charge on any atom is 0.0455 e. The van der Waals surface area contributed by atoms with Crippen LogP contribution < -0.4 is 0 Å². The Kier molecular flexibility index (Phi) is 6.47. The smallest absolute Gasteiger partial charge is 0.0455 e. The molecule has 0 saturated carbocycles. The van der Waals surface area contributed by atoms with Gasteiger partial charge in [-0.3, -0.25) is 0 Å². The quantitative estimate of drug-likeness (QED) is 0.165. The topological polar surface area (TPSA) is 0 Å². The van der Waals surface area contributed by atoms with Gasteiger partial charge in [-0.05, 0) is 85.6 Å². The molecule has 0 aliphatic rings. The number of aryl methyl sites for hydroxylation is 2. The summed E-state index contributed by atoms with van der Waals surface area (Å²) in [6, 6.07) is 28.2. The zero-order valence-electron chi connectivity index (χ0n) is 22.2. The van der Waals surface area contributed by atoms with Crippen LogP contribution in [-0.2, 0) is 12.8 Å². The summed E-state index contributed by atoms with van der Waals surface area (Å²) in [5.74, 6) is 0. The summed E-state index contributed by atoms with van der Waals surface area (Å²) < 4.78 is 5.62. The number of hydrogen-bond acceptors (Lipinski definition) is 6. The van der Waals surface area contributed by atoms with Crippen molar-refractivity contribution >= 4 is 108 Å². The van der Waals surface area contributed by atoms with Crippen LogP contribution >= 0.6 is 68.0 Å². The van der Waals surface area contributed by atoms with E-state index in [1.165, 1.54) is 105 Å². The monoisotopic (exact) mass is 626 g/mol. The van der Waals surface area contributed by atoms with Gasteiger partial charge in [-0.15, -0.1) is 68.0 Å². The molecule has 8 aromatic rings. The predicted octanol–water partition coefficient (Wildman–Crippen LogP) is 13.6. The molecule has 0 amide bonds. The number of thiophene rings is 6. The van der Waals surface area contributed by atoms with Crippen LogP contribution in [0.25, 0.3) is 69.6 Å². The second kappa shape index (κ2) is 10.2. The van der Waals surface area contributed by atoms with Crippen molar-refractivity contribution in [2.75, 3.05) is 0 Å². The summed E-state index contributed by atoms with van der Waals surface area (Å²) in [6.45, 7) is 4.53. The molecule has 0 spiro atoms. The van der Waals surface area contributed by atoms with E-state index in [2.05, 4.69) is 86.6 Å². The van der Waals surface area contributed by atoms with Crippen LogP contribution in [0.5, 0.6) is 0 Å². The predicted molar refractivity (Wildman–Crippen MR) is 188 cm³/mol. The number of benzene rings is 2. The minimum atomic E-state index is 1.18. The Hall–Kier alpha value is -2.32. The summed E-state index contributed by atoms with van der Waals surface area (Å²) in [5.41, 5.74) is 0. The molecule has 0 aliphatic heterocycles. The fraction of sp³-hybridized carbons (Fsp3) is 0.176. The van der Waals surface area contributed by atoms with E-state index < -0.39 is 0 Å². The van der Waals surface area contributed by atoms with E-state index in [0.717, 1.165) is 0 Å². The summed E-state index contributed by atoms with van der Waals surface area (Å²) in [4.78, 5) is 11.2. The average Bonchev–Trinajstić information content (AvgIpc) is 3.78. The minimum Gasteiger partial charge on any atom is -0.140 e. The van der Waals surface area contributed by atoms with Crippen LogP contribution in [0.2, 0.25) is 0 Å². The molecule has 0 atom stereocenters. The number of fused-ring (bicyclic) bond motifs is 6. The Bertz CT molecular complexity index is 2000. The van der Waals surface area contributed by atoms with Crippen LogP contribution in [0.15, 0.2) is 72.8 Å². The third-order valence-corrected chi connectivity index (χ3v) is 14.7. The first kappa shape index (κ1) is 25.4. The van der Waals surface area contributed by atoms with Crippen LogP contribution in [-0.4, -0.2) is 0 Å². The van der Waals surface area contributed by atoms with E-state index >= 15 is 0 Å². The molecular weight excluding hydrogens is 601 g/mol. The van der Waals surface area contributed by atoms with E-state index in [0.29, 0.717) is 0 Å². The van der Waals surface area contributed by atoms with Gasteiger partial charge in [-0.1, -0.05) is 26.7 Å². The Morgan fingerprint density at radius 1 is 0.375 bits per heavy atom. The van der Waals surface area contributed by atoms with E-state index in [4.69, 9.17) is 0 Å². The van der Waals surface area contributed by atoms with Gasteiger partial charge in [0.1, 0.15) is 0 Å². The molecule has 6 heteroatoms. The van der Waals surface area contributed by atoms with Crippen molar-refractivity contribution in [1.29, 1.82) is 0 Å². The highest BCUT2D eigenvalue weighted by Gasteiger charge is 2.15. The molecule has 198 valence electrons. The maximum atomic E-state index is 2.43. The van der Waals surface area contributed by atoms with Crippen molar-refractivity contribution in [3.05, 3.63) is 82.6 Å². The molecule has 6 aromatic heterocycles. The molecule has 40 heavy (non-hydrogen) atoms. The van der Waals surface area contributed by atoms with Crippen molar-refractivity contribution in [2.24, 2.45) is 0 Å². The molecule has 0 unspecified atom stereocenters. The van der Waals surface area contributed by atoms with Gasteiger partial charge in [0.25, 0.3) is 0 Å². The maximum absolute atomic E-state index is 2.43. The standard InChI is InChI=1S/C34H26S6/c1-3-5-19-15-21-23-17-33(37-27(23)9-7-25(21)35-19)31-13-11-29(39-31)30-12-14-32(40-30)34-18-24-22-16-20(6-4-2)36-26(22)8-10-28(24)38-34/h7-18H,3-6H2,1-2H3. The lowest BCUT2D eigenvalue weighted by molar-refractivity contribution is 0.941. The van der Waals surface area contributed by atoms with Crippen molar-refractivity contribution in [2.45, 2.75) is 39.5 Å². The molecule has 8 rings (SSSR count). The minimum absolute atomic E-state index is 1.18. The second-order valence-electron chi connectivity index (χ2n) is 10.3. The van der Waals surface area contributed by atoms with Gasteiger partial charge in [0.2, 0.25) is 0 Å². The molecule has 0 aliphatic carbocycles. The van der Waals surface area contributed by atoms with Gasteiger partial charge < -0.3 is 0 Å². The van der Waals surface area contributed by atoms with E-state index in [1.54, 1.807) is 0 Å². The average molecular weight is 627 g/mol.